The topological polar surface area (TPSA) is 81.4 Å². The van der Waals surface area contributed by atoms with Crippen molar-refractivity contribution in [2.75, 3.05) is 12.0 Å². The molecule has 4 aromatic rings. The van der Waals surface area contributed by atoms with Crippen LogP contribution >= 0.6 is 27.7 Å². The zero-order valence-electron chi connectivity index (χ0n) is 17.7. The number of carbonyl (C=O) groups excluding carboxylic acids is 1. The van der Waals surface area contributed by atoms with E-state index in [0.29, 0.717) is 11.0 Å². The first-order valence-electron chi connectivity index (χ1n) is 10.2. The number of hydrogen-bond donors (Lipinski definition) is 1. The van der Waals surface area contributed by atoms with Crippen molar-refractivity contribution in [1.29, 1.82) is 0 Å². The van der Waals surface area contributed by atoms with Crippen molar-refractivity contribution in [1.82, 2.24) is 14.8 Å². The number of esters is 1. The highest BCUT2D eigenvalue weighted by molar-refractivity contribution is 9.10. The fourth-order valence-electron chi connectivity index (χ4n) is 2.95. The molecule has 0 aliphatic heterocycles. The highest BCUT2D eigenvalue weighted by Crippen LogP contribution is 2.29. The normalized spacial score (nSPS) is 11.3. The van der Waals surface area contributed by atoms with E-state index in [9.17, 15) is 4.79 Å². The fourth-order valence-corrected chi connectivity index (χ4v) is 3.98. The molecule has 0 bridgehead atoms. The van der Waals surface area contributed by atoms with Gasteiger partial charge in [0.15, 0.2) is 5.82 Å². The van der Waals surface area contributed by atoms with Crippen molar-refractivity contribution >= 4 is 44.4 Å². The number of anilines is 1. The summed E-state index contributed by atoms with van der Waals surface area (Å²) in [6.45, 7) is 1.99. The predicted octanol–water partition coefficient (Wildman–Crippen LogP) is 5.78. The summed E-state index contributed by atoms with van der Waals surface area (Å²) in [5.41, 5.74) is 5.42. The highest BCUT2D eigenvalue weighted by Gasteiger charge is 2.22. The number of carbonyl (C=O) groups is 1. The minimum atomic E-state index is -0.545. The second-order valence-corrected chi connectivity index (χ2v) is 8.57. The molecule has 7 nitrogen and oxygen atoms in total. The molecule has 0 radical (unpaired) electrons. The van der Waals surface area contributed by atoms with Gasteiger partial charge in [-0.2, -0.15) is 5.10 Å². The van der Waals surface area contributed by atoms with Gasteiger partial charge in [0.25, 0.3) is 0 Å². The number of aromatic nitrogens is 3. The van der Waals surface area contributed by atoms with Gasteiger partial charge in [0.1, 0.15) is 0 Å². The third kappa shape index (κ3) is 5.68. The Labute approximate surface area is 204 Å². The quantitative estimate of drug-likeness (QED) is 0.114. The summed E-state index contributed by atoms with van der Waals surface area (Å²) in [5, 5.41) is 13.7. The summed E-state index contributed by atoms with van der Waals surface area (Å²) in [6, 6.07) is 27.0. The Hall–Kier alpha value is -3.43. The van der Waals surface area contributed by atoms with E-state index in [0.717, 1.165) is 33.2 Å². The van der Waals surface area contributed by atoms with Crippen molar-refractivity contribution in [2.45, 2.75) is 12.1 Å². The zero-order valence-corrected chi connectivity index (χ0v) is 20.1. The molecule has 1 N–H and O–H groups in total. The average molecular weight is 522 g/mol. The van der Waals surface area contributed by atoms with Crippen LogP contribution in [0.1, 0.15) is 6.92 Å². The molecular weight excluding hydrogens is 502 g/mol. The fraction of sp³-hybridized carbons (Fsp3) is 0.0833. The molecule has 0 amide bonds. The van der Waals surface area contributed by atoms with Crippen molar-refractivity contribution in [3.63, 3.8) is 0 Å². The molecule has 4 rings (SSSR count). The van der Waals surface area contributed by atoms with Gasteiger partial charge in [0, 0.05) is 15.7 Å². The first kappa shape index (κ1) is 22.8. The zero-order chi connectivity index (χ0) is 23.0. The van der Waals surface area contributed by atoms with E-state index < -0.39 is 5.97 Å². The second kappa shape index (κ2) is 10.9. The lowest BCUT2D eigenvalue weighted by atomic mass is 10.2. The van der Waals surface area contributed by atoms with Gasteiger partial charge in [0.2, 0.25) is 10.2 Å². The molecule has 0 fully saturated rings. The van der Waals surface area contributed by atoms with Crippen LogP contribution in [0.25, 0.3) is 17.1 Å². The van der Waals surface area contributed by atoms with Gasteiger partial charge in [-0.3, -0.25) is 9.99 Å². The Kier molecular flexibility index (Phi) is 7.54. The maximum atomic E-state index is 12.7. The summed E-state index contributed by atoms with van der Waals surface area (Å²) in [5.74, 6) is 0.115. The monoisotopic (exact) mass is 521 g/mol. The first-order chi connectivity index (χ1) is 16.2. The van der Waals surface area contributed by atoms with E-state index in [-0.39, 0.29) is 11.7 Å². The van der Waals surface area contributed by atoms with Crippen molar-refractivity contribution < 1.29 is 9.53 Å². The van der Waals surface area contributed by atoms with E-state index >= 15 is 0 Å². The van der Waals surface area contributed by atoms with E-state index in [1.165, 1.54) is 0 Å². The van der Waals surface area contributed by atoms with Crippen LogP contribution in [0.3, 0.4) is 0 Å². The van der Waals surface area contributed by atoms with Gasteiger partial charge in [-0.25, -0.2) is 4.79 Å². The molecular formula is C24H20BrN5O2S. The number of hydrogen-bond acceptors (Lipinski definition) is 7. The van der Waals surface area contributed by atoms with Crippen LogP contribution in [-0.4, -0.2) is 32.4 Å². The van der Waals surface area contributed by atoms with Crippen molar-refractivity contribution in [2.24, 2.45) is 5.10 Å². The minimum absolute atomic E-state index is 0.115. The smallest absolute Gasteiger partial charge is 0.365 e. The molecule has 0 unspecified atom stereocenters. The number of thioether (sulfide) groups is 1. The number of nitrogens with one attached hydrogen (secondary N) is 1. The molecule has 0 saturated heterocycles. The Morgan fingerprint density at radius 2 is 1.67 bits per heavy atom. The molecule has 0 spiro atoms. The Bertz CT molecular complexity index is 1250. The van der Waals surface area contributed by atoms with Crippen LogP contribution in [0.15, 0.2) is 99.7 Å². The predicted molar refractivity (Wildman–Crippen MR) is 134 cm³/mol. The summed E-state index contributed by atoms with van der Waals surface area (Å²) >= 11 is 4.49. The SMILES string of the molecule is CCOC(=O)C(=NNc1ccc(Br)cc1)Sc1nnc(-c2ccccc2)n1-c1ccccc1. The number of para-hydroxylation sites is 1. The van der Waals surface area contributed by atoms with Gasteiger partial charge >= 0.3 is 5.97 Å². The number of rotatable bonds is 6. The summed E-state index contributed by atoms with van der Waals surface area (Å²) < 4.78 is 8.07. The molecule has 0 aliphatic rings. The summed E-state index contributed by atoms with van der Waals surface area (Å²) in [6.07, 6.45) is 0. The van der Waals surface area contributed by atoms with E-state index in [2.05, 4.69) is 36.7 Å². The van der Waals surface area contributed by atoms with Gasteiger partial charge < -0.3 is 4.74 Å². The maximum absolute atomic E-state index is 12.7. The minimum Gasteiger partial charge on any atom is -0.461 e. The molecule has 0 atom stereocenters. The number of hydrazone groups is 1. The van der Waals surface area contributed by atoms with Crippen LogP contribution < -0.4 is 5.43 Å². The van der Waals surface area contributed by atoms with E-state index in [4.69, 9.17) is 4.74 Å². The molecule has 166 valence electrons. The molecule has 0 saturated carbocycles. The number of ether oxygens (including phenoxy) is 1. The second-order valence-electron chi connectivity index (χ2n) is 6.70. The van der Waals surface area contributed by atoms with Crippen LogP contribution in [0.4, 0.5) is 5.69 Å². The third-order valence-corrected chi connectivity index (χ3v) is 5.88. The Morgan fingerprint density at radius 1 is 1.00 bits per heavy atom. The lowest BCUT2D eigenvalue weighted by Gasteiger charge is -2.11. The van der Waals surface area contributed by atoms with Crippen molar-refractivity contribution in [3.05, 3.63) is 89.4 Å². The Morgan fingerprint density at radius 3 is 2.33 bits per heavy atom. The highest BCUT2D eigenvalue weighted by atomic mass is 79.9. The first-order valence-corrected chi connectivity index (χ1v) is 11.8. The Balaban J connectivity index is 1.72. The summed E-state index contributed by atoms with van der Waals surface area (Å²) in [7, 11) is 0. The van der Waals surface area contributed by atoms with E-state index in [1.54, 1.807) is 6.92 Å². The molecule has 1 aromatic heterocycles. The van der Waals surface area contributed by atoms with Crippen LogP contribution in [0.2, 0.25) is 0 Å². The number of benzene rings is 3. The van der Waals surface area contributed by atoms with E-state index in [1.807, 2.05) is 89.5 Å². The van der Waals surface area contributed by atoms with Crippen LogP contribution in [0.5, 0.6) is 0 Å². The van der Waals surface area contributed by atoms with Crippen molar-refractivity contribution in [3.8, 4) is 17.1 Å². The third-order valence-electron chi connectivity index (χ3n) is 4.45. The van der Waals surface area contributed by atoms with Crippen LogP contribution in [0, 0.1) is 0 Å². The number of nitrogens with zero attached hydrogens (tertiary/aromatic N) is 4. The van der Waals surface area contributed by atoms with Crippen LogP contribution in [-0.2, 0) is 9.53 Å². The molecule has 3 aromatic carbocycles. The molecule has 33 heavy (non-hydrogen) atoms. The largest absolute Gasteiger partial charge is 0.461 e. The lowest BCUT2D eigenvalue weighted by molar-refractivity contribution is -0.134. The van der Waals surface area contributed by atoms with Gasteiger partial charge in [0.05, 0.1) is 12.3 Å². The average Bonchev–Trinajstić information content (AvgIpc) is 3.27. The molecule has 9 heteroatoms. The summed E-state index contributed by atoms with van der Waals surface area (Å²) in [4.78, 5) is 12.7. The standard InChI is InChI=1S/C24H20BrN5O2S/c1-2-32-23(31)22(28-26-19-15-13-18(25)14-16-19)33-24-29-27-21(17-9-5-3-6-10-17)30(24)20-11-7-4-8-12-20/h3-16,26H,2H2,1H3. The maximum Gasteiger partial charge on any atom is 0.365 e. The van der Waals surface area contributed by atoms with Gasteiger partial charge in [-0.1, -0.05) is 64.5 Å². The number of halogens is 1. The van der Waals surface area contributed by atoms with Gasteiger partial charge in [-0.15, -0.1) is 10.2 Å². The van der Waals surface area contributed by atoms with Gasteiger partial charge in [-0.05, 0) is 55.1 Å². The lowest BCUT2D eigenvalue weighted by Crippen LogP contribution is -2.17. The molecule has 1 heterocycles. The molecule has 0 aliphatic carbocycles.